The van der Waals surface area contributed by atoms with Crippen LogP contribution in [0.15, 0.2) is 66.9 Å². The molecular weight excluding hydrogens is 488 g/mol. The zero-order valence-corrected chi connectivity index (χ0v) is 23.2. The average Bonchev–Trinajstić information content (AvgIpc) is 2.89. The fourth-order valence-electron chi connectivity index (χ4n) is 3.65. The lowest BCUT2D eigenvalue weighted by molar-refractivity contribution is -0.123. The van der Waals surface area contributed by atoms with E-state index < -0.39 is 15.9 Å². The van der Waals surface area contributed by atoms with Gasteiger partial charge in [0.25, 0.3) is 5.91 Å². The van der Waals surface area contributed by atoms with Gasteiger partial charge in [0, 0.05) is 30.3 Å². The second-order valence-corrected chi connectivity index (χ2v) is 10.3. The van der Waals surface area contributed by atoms with Crippen molar-refractivity contribution < 1.29 is 17.9 Å². The Morgan fingerprint density at radius 2 is 1.51 bits per heavy atom. The van der Waals surface area contributed by atoms with E-state index in [0.717, 1.165) is 54.0 Å². The first kappa shape index (κ1) is 29.9. The van der Waals surface area contributed by atoms with Crippen molar-refractivity contribution in [1.82, 2.24) is 14.7 Å². The van der Waals surface area contributed by atoms with Gasteiger partial charge in [0.05, 0.1) is 23.8 Å². The maximum atomic E-state index is 11.5. The van der Waals surface area contributed by atoms with Crippen molar-refractivity contribution in [1.29, 1.82) is 0 Å². The van der Waals surface area contributed by atoms with Crippen LogP contribution in [0, 0.1) is 0 Å². The van der Waals surface area contributed by atoms with Gasteiger partial charge in [-0.25, -0.2) is 13.4 Å². The molecule has 0 saturated heterocycles. The van der Waals surface area contributed by atoms with Gasteiger partial charge < -0.3 is 9.64 Å². The molecule has 0 fully saturated rings. The van der Waals surface area contributed by atoms with Gasteiger partial charge in [-0.2, -0.15) is 0 Å². The molecule has 0 spiro atoms. The van der Waals surface area contributed by atoms with Crippen LogP contribution in [-0.2, 0) is 19.6 Å². The number of hydrogen-bond acceptors (Lipinski definition) is 7. The molecule has 1 heterocycles. The van der Waals surface area contributed by atoms with Crippen LogP contribution in [0.2, 0.25) is 0 Å². The number of benzene rings is 2. The molecule has 0 saturated carbocycles. The molecule has 1 N–H and O–H groups in total. The van der Waals surface area contributed by atoms with Crippen LogP contribution in [0.5, 0.6) is 0 Å². The highest BCUT2D eigenvalue weighted by Crippen LogP contribution is 2.30. The summed E-state index contributed by atoms with van der Waals surface area (Å²) in [4.78, 5) is 23.6. The van der Waals surface area contributed by atoms with E-state index in [-0.39, 0.29) is 12.6 Å². The van der Waals surface area contributed by atoms with Gasteiger partial charge in [-0.15, -0.1) is 0 Å². The van der Waals surface area contributed by atoms with Gasteiger partial charge in [-0.05, 0) is 26.7 Å². The summed E-state index contributed by atoms with van der Waals surface area (Å²) in [6.45, 7) is 9.04. The first-order valence-electron chi connectivity index (χ1n) is 12.6. The number of aromatic nitrogens is 2. The van der Waals surface area contributed by atoms with Gasteiger partial charge in [0.2, 0.25) is 10.0 Å². The van der Waals surface area contributed by atoms with E-state index >= 15 is 0 Å². The molecule has 3 rings (SSSR count). The van der Waals surface area contributed by atoms with E-state index in [1.807, 2.05) is 85.4 Å². The van der Waals surface area contributed by atoms with E-state index in [4.69, 9.17) is 14.7 Å². The fraction of sp³-hybridized carbons (Fsp3) is 0.393. The molecule has 9 heteroatoms. The SMILES string of the molecule is CC.CC(C)N(CCCCOCC(=O)NS(C)(=O)=O)c1cnc(-c2ccccc2)c(-c2ccccc2)n1. The van der Waals surface area contributed by atoms with Crippen molar-refractivity contribution in [2.45, 2.75) is 46.6 Å². The topological polar surface area (TPSA) is 101 Å². The number of rotatable bonds is 12. The molecule has 1 amide bonds. The second-order valence-electron chi connectivity index (χ2n) is 8.50. The lowest BCUT2D eigenvalue weighted by Gasteiger charge is -2.28. The molecule has 0 unspecified atom stereocenters. The quantitative estimate of drug-likeness (QED) is 0.334. The van der Waals surface area contributed by atoms with E-state index in [2.05, 4.69) is 18.7 Å². The Labute approximate surface area is 221 Å². The number of ether oxygens (including phenoxy) is 1. The summed E-state index contributed by atoms with van der Waals surface area (Å²) in [5.41, 5.74) is 3.69. The fourth-order valence-corrected chi connectivity index (χ4v) is 4.12. The molecule has 0 aliphatic rings. The summed E-state index contributed by atoms with van der Waals surface area (Å²) in [6, 6.07) is 20.3. The number of carbonyl (C=O) groups is 1. The van der Waals surface area contributed by atoms with Crippen LogP contribution >= 0.6 is 0 Å². The minimum absolute atomic E-state index is 0.206. The molecule has 200 valence electrons. The van der Waals surface area contributed by atoms with Gasteiger partial charge in [0.15, 0.2) is 0 Å². The molecule has 0 atom stereocenters. The minimum atomic E-state index is -3.57. The molecule has 0 radical (unpaired) electrons. The van der Waals surface area contributed by atoms with Gasteiger partial charge in [-0.3, -0.25) is 14.5 Å². The molecule has 3 aromatic rings. The summed E-state index contributed by atoms with van der Waals surface area (Å²) in [7, 11) is -3.57. The van der Waals surface area contributed by atoms with E-state index in [1.165, 1.54) is 0 Å². The zero-order chi connectivity index (χ0) is 27.3. The summed E-state index contributed by atoms with van der Waals surface area (Å²) in [5.74, 6) is 0.130. The maximum Gasteiger partial charge on any atom is 0.259 e. The summed E-state index contributed by atoms with van der Waals surface area (Å²) in [6.07, 6.45) is 4.29. The van der Waals surface area contributed by atoms with Crippen LogP contribution in [0.25, 0.3) is 22.5 Å². The predicted octanol–water partition coefficient (Wildman–Crippen LogP) is 4.92. The van der Waals surface area contributed by atoms with Gasteiger partial charge in [0.1, 0.15) is 12.4 Å². The lowest BCUT2D eigenvalue weighted by Crippen LogP contribution is -2.33. The largest absolute Gasteiger partial charge is 0.372 e. The predicted molar refractivity (Wildman–Crippen MR) is 150 cm³/mol. The number of anilines is 1. The highest BCUT2D eigenvalue weighted by atomic mass is 32.2. The number of nitrogens with zero attached hydrogens (tertiary/aromatic N) is 3. The molecule has 2 aromatic carbocycles. The molecule has 8 nitrogen and oxygen atoms in total. The third kappa shape index (κ3) is 9.93. The van der Waals surface area contributed by atoms with Crippen LogP contribution < -0.4 is 9.62 Å². The van der Waals surface area contributed by atoms with E-state index in [1.54, 1.807) is 0 Å². The van der Waals surface area contributed by atoms with Crippen LogP contribution in [-0.4, -0.2) is 56.3 Å². The molecular formula is C28H38N4O4S. The molecule has 0 bridgehead atoms. The van der Waals surface area contributed by atoms with Crippen molar-refractivity contribution >= 4 is 21.7 Å². The second kappa shape index (κ2) is 15.1. The normalized spacial score (nSPS) is 11.0. The summed E-state index contributed by atoms with van der Waals surface area (Å²) in [5, 5.41) is 0. The number of carbonyl (C=O) groups excluding carboxylic acids is 1. The first-order valence-corrected chi connectivity index (χ1v) is 14.5. The Hall–Kier alpha value is -3.30. The molecule has 0 aliphatic carbocycles. The Balaban J connectivity index is 0.00000235. The third-order valence-electron chi connectivity index (χ3n) is 5.24. The zero-order valence-electron chi connectivity index (χ0n) is 22.3. The molecule has 37 heavy (non-hydrogen) atoms. The standard InChI is InChI=1S/C26H32N4O4S.C2H6/c1-20(2)30(16-10-11-17-34-19-24(31)29-35(3,32)33)23-18-27-25(21-12-6-4-7-13-21)26(28-23)22-14-8-5-9-15-22;1-2/h4-9,12-15,18,20H,10-11,16-17,19H2,1-3H3,(H,29,31);1-2H3. The number of unbranched alkanes of at least 4 members (excludes halogenated alkanes) is 1. The van der Waals surface area contributed by atoms with Crippen molar-refractivity contribution in [2.24, 2.45) is 0 Å². The first-order chi connectivity index (χ1) is 17.7. The molecule has 0 aliphatic heterocycles. The van der Waals surface area contributed by atoms with Crippen LogP contribution in [0.3, 0.4) is 0 Å². The van der Waals surface area contributed by atoms with Gasteiger partial charge >= 0.3 is 0 Å². The average molecular weight is 527 g/mol. The number of sulfonamides is 1. The number of hydrogen-bond donors (Lipinski definition) is 1. The Morgan fingerprint density at radius 3 is 2.05 bits per heavy atom. The van der Waals surface area contributed by atoms with E-state index in [9.17, 15) is 13.2 Å². The lowest BCUT2D eigenvalue weighted by atomic mass is 10.0. The minimum Gasteiger partial charge on any atom is -0.372 e. The van der Waals surface area contributed by atoms with E-state index in [0.29, 0.717) is 6.61 Å². The Morgan fingerprint density at radius 1 is 0.946 bits per heavy atom. The third-order valence-corrected chi connectivity index (χ3v) is 5.84. The number of amides is 1. The van der Waals surface area contributed by atoms with Crippen LogP contribution in [0.1, 0.15) is 40.5 Å². The Bertz CT molecular complexity index is 1200. The van der Waals surface area contributed by atoms with Gasteiger partial charge in [-0.1, -0.05) is 74.5 Å². The number of nitrogens with one attached hydrogen (secondary N) is 1. The monoisotopic (exact) mass is 526 g/mol. The van der Waals surface area contributed by atoms with Crippen molar-refractivity contribution in [2.75, 3.05) is 30.9 Å². The smallest absolute Gasteiger partial charge is 0.259 e. The maximum absolute atomic E-state index is 11.5. The summed E-state index contributed by atoms with van der Waals surface area (Å²) >= 11 is 0. The summed E-state index contributed by atoms with van der Waals surface area (Å²) < 4.78 is 29.3. The van der Waals surface area contributed by atoms with Crippen LogP contribution in [0.4, 0.5) is 5.82 Å². The molecule has 1 aromatic heterocycles. The Kier molecular flexibility index (Phi) is 12.2. The van der Waals surface area contributed by atoms with Crippen molar-refractivity contribution in [3.63, 3.8) is 0 Å². The van der Waals surface area contributed by atoms with Crippen molar-refractivity contribution in [3.8, 4) is 22.5 Å². The highest BCUT2D eigenvalue weighted by Gasteiger charge is 2.17. The highest BCUT2D eigenvalue weighted by molar-refractivity contribution is 7.89. The van der Waals surface area contributed by atoms with Crippen molar-refractivity contribution in [3.05, 3.63) is 66.9 Å².